The van der Waals surface area contributed by atoms with E-state index in [1.165, 1.54) is 5.56 Å². The Kier molecular flexibility index (Phi) is 6.00. The average molecular weight is 232 g/mol. The Hall–Kier alpha value is -1.64. The standard InChI is InChI=1S/C14H20N2O/c1-3-6-14(17)16-12(2)7-4-8-13-9-5-10-15-11-13/h3,5-6,9-12H,4,7-8H2,1-2H3,(H,16,17)/b6-3+. The van der Waals surface area contributed by atoms with E-state index in [1.807, 2.05) is 26.1 Å². The van der Waals surface area contributed by atoms with Crippen molar-refractivity contribution in [3.05, 3.63) is 42.2 Å². The Morgan fingerprint density at radius 1 is 1.59 bits per heavy atom. The first-order valence-corrected chi connectivity index (χ1v) is 6.04. The van der Waals surface area contributed by atoms with Crippen LogP contribution in [0.3, 0.4) is 0 Å². The number of rotatable bonds is 6. The number of hydrogen-bond donors (Lipinski definition) is 1. The maximum Gasteiger partial charge on any atom is 0.243 e. The third kappa shape index (κ3) is 5.85. The first-order chi connectivity index (χ1) is 8.22. The summed E-state index contributed by atoms with van der Waals surface area (Å²) >= 11 is 0. The lowest BCUT2D eigenvalue weighted by Gasteiger charge is -2.12. The highest BCUT2D eigenvalue weighted by molar-refractivity contribution is 5.87. The molecular formula is C14H20N2O. The van der Waals surface area contributed by atoms with Gasteiger partial charge in [0.2, 0.25) is 5.91 Å². The van der Waals surface area contributed by atoms with Crippen LogP contribution >= 0.6 is 0 Å². The predicted molar refractivity (Wildman–Crippen MR) is 69.6 cm³/mol. The summed E-state index contributed by atoms with van der Waals surface area (Å²) in [5.74, 6) is -0.0126. The molecule has 1 amide bonds. The number of aromatic nitrogens is 1. The number of carbonyl (C=O) groups is 1. The molecule has 1 rings (SSSR count). The quantitative estimate of drug-likeness (QED) is 0.766. The third-order valence-corrected chi connectivity index (χ3v) is 2.53. The molecule has 1 aromatic heterocycles. The molecule has 0 aromatic carbocycles. The predicted octanol–water partition coefficient (Wildman–Crippen LogP) is 2.49. The van der Waals surface area contributed by atoms with Crippen LogP contribution in [0.1, 0.15) is 32.3 Å². The van der Waals surface area contributed by atoms with Gasteiger partial charge < -0.3 is 5.32 Å². The minimum Gasteiger partial charge on any atom is -0.350 e. The SMILES string of the molecule is C/C=C/C(=O)NC(C)CCCc1cccnc1. The molecule has 0 saturated heterocycles. The van der Waals surface area contributed by atoms with E-state index in [0.717, 1.165) is 19.3 Å². The lowest BCUT2D eigenvalue weighted by molar-refractivity contribution is -0.117. The van der Waals surface area contributed by atoms with Gasteiger partial charge in [-0.15, -0.1) is 0 Å². The van der Waals surface area contributed by atoms with E-state index >= 15 is 0 Å². The molecule has 1 atom stereocenters. The first-order valence-electron chi connectivity index (χ1n) is 6.04. The van der Waals surface area contributed by atoms with Crippen molar-refractivity contribution in [3.63, 3.8) is 0 Å². The smallest absolute Gasteiger partial charge is 0.243 e. The zero-order valence-electron chi connectivity index (χ0n) is 10.5. The van der Waals surface area contributed by atoms with E-state index in [9.17, 15) is 4.79 Å². The van der Waals surface area contributed by atoms with E-state index in [4.69, 9.17) is 0 Å². The molecule has 1 unspecified atom stereocenters. The molecule has 0 spiro atoms. The molecule has 0 radical (unpaired) electrons. The van der Waals surface area contributed by atoms with Gasteiger partial charge in [0.25, 0.3) is 0 Å². The van der Waals surface area contributed by atoms with E-state index in [2.05, 4.69) is 16.4 Å². The number of carbonyl (C=O) groups excluding carboxylic acids is 1. The van der Waals surface area contributed by atoms with Crippen LogP contribution in [0.5, 0.6) is 0 Å². The summed E-state index contributed by atoms with van der Waals surface area (Å²) < 4.78 is 0. The van der Waals surface area contributed by atoms with Crippen molar-refractivity contribution in [2.45, 2.75) is 39.2 Å². The Morgan fingerprint density at radius 3 is 3.06 bits per heavy atom. The lowest BCUT2D eigenvalue weighted by Crippen LogP contribution is -2.31. The van der Waals surface area contributed by atoms with Crippen LogP contribution in [0.25, 0.3) is 0 Å². The van der Waals surface area contributed by atoms with Crippen LogP contribution < -0.4 is 5.32 Å². The third-order valence-electron chi connectivity index (χ3n) is 2.53. The van der Waals surface area contributed by atoms with Gasteiger partial charge in [-0.05, 0) is 50.8 Å². The minimum absolute atomic E-state index is 0.0126. The van der Waals surface area contributed by atoms with Crippen molar-refractivity contribution in [1.29, 1.82) is 0 Å². The number of amides is 1. The number of nitrogens with one attached hydrogen (secondary N) is 1. The van der Waals surface area contributed by atoms with E-state index in [-0.39, 0.29) is 11.9 Å². The maximum absolute atomic E-state index is 11.3. The molecule has 3 heteroatoms. The fourth-order valence-corrected chi connectivity index (χ4v) is 1.67. The van der Waals surface area contributed by atoms with Crippen molar-refractivity contribution < 1.29 is 4.79 Å². The fraction of sp³-hybridized carbons (Fsp3) is 0.429. The van der Waals surface area contributed by atoms with Gasteiger partial charge in [-0.3, -0.25) is 9.78 Å². The Balaban J connectivity index is 2.20. The molecule has 1 N–H and O–H groups in total. The molecule has 0 saturated carbocycles. The second kappa shape index (κ2) is 7.60. The number of nitrogens with zero attached hydrogens (tertiary/aromatic N) is 1. The first kappa shape index (κ1) is 13.4. The lowest BCUT2D eigenvalue weighted by atomic mass is 10.1. The number of allylic oxidation sites excluding steroid dienone is 1. The molecule has 0 bridgehead atoms. The summed E-state index contributed by atoms with van der Waals surface area (Å²) in [6.07, 6.45) is 10.0. The molecule has 1 aromatic rings. The van der Waals surface area contributed by atoms with Gasteiger partial charge in [0.1, 0.15) is 0 Å². The monoisotopic (exact) mass is 232 g/mol. The highest BCUT2D eigenvalue weighted by Gasteiger charge is 2.04. The van der Waals surface area contributed by atoms with Crippen LogP contribution in [-0.4, -0.2) is 16.9 Å². The highest BCUT2D eigenvalue weighted by Crippen LogP contribution is 2.05. The van der Waals surface area contributed by atoms with Crippen molar-refractivity contribution in [2.75, 3.05) is 0 Å². The molecule has 3 nitrogen and oxygen atoms in total. The number of hydrogen-bond acceptors (Lipinski definition) is 2. The molecule has 0 aliphatic rings. The molecule has 17 heavy (non-hydrogen) atoms. The Bertz CT molecular complexity index is 360. The number of pyridine rings is 1. The van der Waals surface area contributed by atoms with Crippen LogP contribution in [0.2, 0.25) is 0 Å². The summed E-state index contributed by atoms with van der Waals surface area (Å²) in [5, 5.41) is 2.93. The average Bonchev–Trinajstić information content (AvgIpc) is 2.30. The largest absolute Gasteiger partial charge is 0.350 e. The summed E-state index contributed by atoms with van der Waals surface area (Å²) in [4.78, 5) is 15.4. The van der Waals surface area contributed by atoms with E-state index in [0.29, 0.717) is 0 Å². The Morgan fingerprint density at radius 2 is 2.41 bits per heavy atom. The summed E-state index contributed by atoms with van der Waals surface area (Å²) in [6, 6.07) is 4.25. The van der Waals surface area contributed by atoms with Crippen molar-refractivity contribution >= 4 is 5.91 Å². The van der Waals surface area contributed by atoms with Crippen LogP contribution in [0.4, 0.5) is 0 Å². The topological polar surface area (TPSA) is 42.0 Å². The second-order valence-electron chi connectivity index (χ2n) is 4.16. The minimum atomic E-state index is -0.0126. The van der Waals surface area contributed by atoms with Gasteiger partial charge in [0.05, 0.1) is 0 Å². The van der Waals surface area contributed by atoms with Crippen molar-refractivity contribution in [1.82, 2.24) is 10.3 Å². The number of aryl methyl sites for hydroxylation is 1. The fourth-order valence-electron chi connectivity index (χ4n) is 1.67. The van der Waals surface area contributed by atoms with Crippen LogP contribution in [-0.2, 0) is 11.2 Å². The van der Waals surface area contributed by atoms with Gasteiger partial charge in [-0.1, -0.05) is 12.1 Å². The van der Waals surface area contributed by atoms with Crippen LogP contribution in [0.15, 0.2) is 36.7 Å². The Labute approximate surface area is 103 Å². The maximum atomic E-state index is 11.3. The van der Waals surface area contributed by atoms with Gasteiger partial charge in [0.15, 0.2) is 0 Å². The molecule has 1 heterocycles. The molecule has 92 valence electrons. The highest BCUT2D eigenvalue weighted by atomic mass is 16.1. The van der Waals surface area contributed by atoms with Gasteiger partial charge in [0, 0.05) is 18.4 Å². The second-order valence-corrected chi connectivity index (χ2v) is 4.16. The van der Waals surface area contributed by atoms with E-state index < -0.39 is 0 Å². The molecule has 0 fully saturated rings. The summed E-state index contributed by atoms with van der Waals surface area (Å²) in [6.45, 7) is 3.87. The molecule has 0 aliphatic heterocycles. The van der Waals surface area contributed by atoms with Crippen molar-refractivity contribution in [3.8, 4) is 0 Å². The summed E-state index contributed by atoms with van der Waals surface area (Å²) in [5.41, 5.74) is 1.25. The summed E-state index contributed by atoms with van der Waals surface area (Å²) in [7, 11) is 0. The zero-order valence-corrected chi connectivity index (χ0v) is 10.5. The van der Waals surface area contributed by atoms with Gasteiger partial charge >= 0.3 is 0 Å². The van der Waals surface area contributed by atoms with Crippen molar-refractivity contribution in [2.24, 2.45) is 0 Å². The van der Waals surface area contributed by atoms with Crippen LogP contribution in [0, 0.1) is 0 Å². The normalized spacial score (nSPS) is 12.6. The van der Waals surface area contributed by atoms with Gasteiger partial charge in [-0.2, -0.15) is 0 Å². The van der Waals surface area contributed by atoms with Gasteiger partial charge in [-0.25, -0.2) is 0 Å². The molecule has 0 aliphatic carbocycles. The zero-order chi connectivity index (χ0) is 12.5. The van der Waals surface area contributed by atoms with E-state index in [1.54, 1.807) is 18.3 Å². The molecular weight excluding hydrogens is 212 g/mol.